The van der Waals surface area contributed by atoms with Crippen LogP contribution >= 0.6 is 0 Å². The van der Waals surface area contributed by atoms with E-state index in [4.69, 9.17) is 0 Å². The number of allylic oxidation sites excluding steroid dienone is 2. The summed E-state index contributed by atoms with van der Waals surface area (Å²) in [5.74, 6) is -0.00116. The zero-order valence-electron chi connectivity index (χ0n) is 7.81. The first-order valence-electron chi connectivity index (χ1n) is 4.14. The molecule has 0 aromatic rings. The van der Waals surface area contributed by atoms with Gasteiger partial charge in [0, 0.05) is 6.42 Å². The van der Waals surface area contributed by atoms with Crippen LogP contribution in [0.15, 0.2) is 11.1 Å². The van der Waals surface area contributed by atoms with E-state index in [1.807, 2.05) is 6.92 Å². The monoisotopic (exact) mass is 166 g/mol. The number of rotatable bonds is 1. The average Bonchev–Trinajstić information content (AvgIpc) is 1.82. The summed E-state index contributed by atoms with van der Waals surface area (Å²) in [6.45, 7) is 5.97. The molecule has 0 bridgehead atoms. The van der Waals surface area contributed by atoms with Gasteiger partial charge in [0.05, 0.1) is 5.57 Å². The molecule has 0 unspecified atom stereocenters. The number of aldehydes is 1. The highest BCUT2D eigenvalue weighted by Gasteiger charge is 2.30. The highest BCUT2D eigenvalue weighted by Crippen LogP contribution is 2.35. The maximum Gasteiger partial charge on any atom is 0.166 e. The van der Waals surface area contributed by atoms with Crippen LogP contribution in [0.25, 0.3) is 0 Å². The van der Waals surface area contributed by atoms with Crippen LogP contribution in [0.2, 0.25) is 0 Å². The molecule has 0 saturated heterocycles. The van der Waals surface area contributed by atoms with Gasteiger partial charge in [0.1, 0.15) is 0 Å². The smallest absolute Gasteiger partial charge is 0.166 e. The lowest BCUT2D eigenvalue weighted by Crippen LogP contribution is -2.25. The number of hydrogen-bond donors (Lipinski definition) is 0. The number of carbonyl (C=O) groups excluding carboxylic acids is 2. The van der Waals surface area contributed by atoms with E-state index < -0.39 is 0 Å². The molecule has 1 aliphatic rings. The van der Waals surface area contributed by atoms with Crippen molar-refractivity contribution in [3.63, 3.8) is 0 Å². The Labute approximate surface area is 72.7 Å². The molecule has 0 aromatic heterocycles. The zero-order chi connectivity index (χ0) is 9.35. The first-order valence-corrected chi connectivity index (χ1v) is 4.14. The Morgan fingerprint density at radius 2 is 1.92 bits per heavy atom. The first kappa shape index (κ1) is 9.17. The predicted molar refractivity (Wildman–Crippen MR) is 46.8 cm³/mol. The van der Waals surface area contributed by atoms with Gasteiger partial charge in [-0.2, -0.15) is 0 Å². The van der Waals surface area contributed by atoms with Crippen LogP contribution in [0, 0.1) is 5.41 Å². The highest BCUT2D eigenvalue weighted by atomic mass is 16.1. The van der Waals surface area contributed by atoms with Crippen LogP contribution < -0.4 is 0 Å². The van der Waals surface area contributed by atoms with Crippen LogP contribution in [-0.4, -0.2) is 12.1 Å². The van der Waals surface area contributed by atoms with E-state index in [1.165, 1.54) is 0 Å². The number of carbonyl (C=O) groups is 2. The van der Waals surface area contributed by atoms with Crippen molar-refractivity contribution in [2.45, 2.75) is 33.6 Å². The third-order valence-electron chi connectivity index (χ3n) is 2.26. The molecule has 12 heavy (non-hydrogen) atoms. The molecule has 0 saturated carbocycles. The number of hydrogen-bond acceptors (Lipinski definition) is 2. The summed E-state index contributed by atoms with van der Waals surface area (Å²) < 4.78 is 0. The van der Waals surface area contributed by atoms with Crippen LogP contribution in [0.5, 0.6) is 0 Å². The lowest BCUT2D eigenvalue weighted by atomic mass is 9.74. The Balaban J connectivity index is 3.02. The minimum absolute atomic E-state index is 0.00116. The van der Waals surface area contributed by atoms with Crippen LogP contribution in [-0.2, 0) is 9.59 Å². The van der Waals surface area contributed by atoms with Gasteiger partial charge < -0.3 is 0 Å². The van der Waals surface area contributed by atoms with E-state index in [-0.39, 0.29) is 11.2 Å². The Bertz CT molecular complexity index is 259. The summed E-state index contributed by atoms with van der Waals surface area (Å²) in [7, 11) is 0. The molecule has 0 spiro atoms. The van der Waals surface area contributed by atoms with Crippen LogP contribution in [0.3, 0.4) is 0 Å². The fourth-order valence-electron chi connectivity index (χ4n) is 1.81. The van der Waals surface area contributed by atoms with Crippen molar-refractivity contribution >= 4 is 12.1 Å². The molecule has 0 heterocycles. The van der Waals surface area contributed by atoms with Gasteiger partial charge in [-0.15, -0.1) is 0 Å². The van der Waals surface area contributed by atoms with E-state index in [9.17, 15) is 9.59 Å². The summed E-state index contributed by atoms with van der Waals surface area (Å²) in [5, 5.41) is 0. The molecule has 2 heteroatoms. The lowest BCUT2D eigenvalue weighted by molar-refractivity contribution is -0.119. The van der Waals surface area contributed by atoms with Crippen LogP contribution in [0.1, 0.15) is 33.6 Å². The topological polar surface area (TPSA) is 34.1 Å². The summed E-state index contributed by atoms with van der Waals surface area (Å²) in [6.07, 6.45) is 2.04. The van der Waals surface area contributed by atoms with E-state index >= 15 is 0 Å². The van der Waals surface area contributed by atoms with Crippen molar-refractivity contribution in [1.82, 2.24) is 0 Å². The summed E-state index contributed by atoms with van der Waals surface area (Å²) in [6, 6.07) is 0. The van der Waals surface area contributed by atoms with Gasteiger partial charge in [-0.05, 0) is 18.8 Å². The van der Waals surface area contributed by atoms with Gasteiger partial charge in [0.2, 0.25) is 0 Å². The van der Waals surface area contributed by atoms with Crippen molar-refractivity contribution in [3.8, 4) is 0 Å². The Morgan fingerprint density at radius 1 is 1.33 bits per heavy atom. The second-order valence-electron chi connectivity index (χ2n) is 4.25. The molecule has 0 aliphatic heterocycles. The normalized spacial score (nSPS) is 22.8. The highest BCUT2D eigenvalue weighted by molar-refractivity contribution is 6.13. The van der Waals surface area contributed by atoms with Crippen molar-refractivity contribution in [1.29, 1.82) is 0 Å². The maximum atomic E-state index is 11.4. The van der Waals surface area contributed by atoms with Gasteiger partial charge in [-0.25, -0.2) is 0 Å². The number of ketones is 1. The van der Waals surface area contributed by atoms with Gasteiger partial charge in [-0.1, -0.05) is 19.4 Å². The first-order chi connectivity index (χ1) is 5.46. The summed E-state index contributed by atoms with van der Waals surface area (Å²) in [4.78, 5) is 21.9. The second kappa shape index (κ2) is 2.85. The third kappa shape index (κ3) is 1.63. The molecule has 0 fully saturated rings. The van der Waals surface area contributed by atoms with E-state index in [0.717, 1.165) is 12.0 Å². The zero-order valence-corrected chi connectivity index (χ0v) is 7.81. The summed E-state index contributed by atoms with van der Waals surface area (Å²) in [5.41, 5.74) is 1.37. The third-order valence-corrected chi connectivity index (χ3v) is 2.26. The minimum Gasteiger partial charge on any atom is -0.298 e. The molecular weight excluding hydrogens is 152 g/mol. The number of Topliss-reactive ketones (excluding diaryl/α,β-unsaturated/α-hetero) is 1. The molecule has 0 amide bonds. The SMILES string of the molecule is CC1=C(C=O)C(=O)CC(C)(C)C1. The molecule has 0 N–H and O–H groups in total. The quantitative estimate of drug-likeness (QED) is 0.440. The molecule has 1 rings (SSSR count). The van der Waals surface area contributed by atoms with Gasteiger partial charge >= 0.3 is 0 Å². The average molecular weight is 166 g/mol. The van der Waals surface area contributed by atoms with E-state index in [1.54, 1.807) is 0 Å². The van der Waals surface area contributed by atoms with Gasteiger partial charge in [-0.3, -0.25) is 9.59 Å². The van der Waals surface area contributed by atoms with E-state index in [2.05, 4.69) is 13.8 Å². The van der Waals surface area contributed by atoms with E-state index in [0.29, 0.717) is 18.3 Å². The molecule has 2 nitrogen and oxygen atoms in total. The fraction of sp³-hybridized carbons (Fsp3) is 0.600. The fourth-order valence-corrected chi connectivity index (χ4v) is 1.81. The molecule has 0 aromatic carbocycles. The summed E-state index contributed by atoms with van der Waals surface area (Å²) >= 11 is 0. The van der Waals surface area contributed by atoms with Crippen molar-refractivity contribution < 1.29 is 9.59 Å². The second-order valence-corrected chi connectivity index (χ2v) is 4.25. The predicted octanol–water partition coefficient (Wildman–Crippen LogP) is 1.89. The molecule has 66 valence electrons. The Kier molecular flexibility index (Phi) is 2.18. The van der Waals surface area contributed by atoms with Crippen molar-refractivity contribution in [3.05, 3.63) is 11.1 Å². The maximum absolute atomic E-state index is 11.4. The van der Waals surface area contributed by atoms with Crippen molar-refractivity contribution in [2.24, 2.45) is 5.41 Å². The molecule has 1 aliphatic carbocycles. The standard InChI is InChI=1S/C10H14O2/c1-7-4-10(2,3)5-9(12)8(7)6-11/h6H,4-5H2,1-3H3. The van der Waals surface area contributed by atoms with Crippen molar-refractivity contribution in [2.75, 3.05) is 0 Å². The van der Waals surface area contributed by atoms with Gasteiger partial charge in [0.15, 0.2) is 12.1 Å². The Hall–Kier alpha value is -0.920. The van der Waals surface area contributed by atoms with Gasteiger partial charge in [0.25, 0.3) is 0 Å². The molecular formula is C10H14O2. The molecule has 0 radical (unpaired) electrons. The Morgan fingerprint density at radius 3 is 2.33 bits per heavy atom. The van der Waals surface area contributed by atoms with Crippen LogP contribution in [0.4, 0.5) is 0 Å². The largest absolute Gasteiger partial charge is 0.298 e. The minimum atomic E-state index is -0.00116. The molecule has 0 atom stereocenters. The lowest BCUT2D eigenvalue weighted by Gasteiger charge is -2.29.